The molecule has 0 bridgehead atoms. The minimum absolute atomic E-state index is 0.107. The predicted octanol–water partition coefficient (Wildman–Crippen LogP) is 25.5. The van der Waals surface area contributed by atoms with Crippen molar-refractivity contribution in [2.24, 2.45) is 11.8 Å². The lowest BCUT2D eigenvalue weighted by atomic mass is 10.0. The molecule has 0 fully saturated rings. The van der Waals surface area contributed by atoms with Crippen LogP contribution in [0.2, 0.25) is 0 Å². The zero-order valence-corrected chi connectivity index (χ0v) is 69.4. The van der Waals surface area contributed by atoms with Crippen LogP contribution in [0.25, 0.3) is 0 Å². The molecular formula is C84H164O17P2. The van der Waals surface area contributed by atoms with Crippen LogP contribution in [0.4, 0.5) is 0 Å². The van der Waals surface area contributed by atoms with E-state index in [1.165, 1.54) is 257 Å². The summed E-state index contributed by atoms with van der Waals surface area (Å²) in [5.74, 6) is -0.606. The standard InChI is InChI=1S/C84H164O17P2/c1-7-9-11-13-15-17-19-21-23-24-28-32-35-39-43-47-54-60-66-81(86)94-72-79(100-83(88)68-63-57-49-45-41-37-33-29-26-25-27-31-34-38-42-46-52-58-64-76(3)4)74-98-102(90,91)96-70-78(85)71-97-103(92,93)99-75-80(73-95-82(87)67-61-55-51-50-53-59-65-77(5)6)101-84(89)69-62-56-48-44-40-36-30-22-20-18-16-14-12-10-8-2/h76-80,85H,7-75H2,1-6H3,(H,90,91)(H,92,93)/t78-,79-,80-/m1/s1. The van der Waals surface area contributed by atoms with Crippen molar-refractivity contribution in [3.63, 3.8) is 0 Å². The van der Waals surface area contributed by atoms with E-state index in [0.29, 0.717) is 31.6 Å². The van der Waals surface area contributed by atoms with Gasteiger partial charge in [-0.3, -0.25) is 37.3 Å². The number of ether oxygens (including phenoxy) is 4. The van der Waals surface area contributed by atoms with E-state index < -0.39 is 97.5 Å². The fourth-order valence-corrected chi connectivity index (χ4v) is 14.6. The first-order valence-corrected chi connectivity index (χ1v) is 46.5. The molecule has 103 heavy (non-hydrogen) atoms. The number of aliphatic hydroxyl groups excluding tert-OH is 1. The Bertz CT molecular complexity index is 1980. The van der Waals surface area contributed by atoms with Gasteiger partial charge in [0.2, 0.25) is 0 Å². The molecule has 0 aromatic rings. The van der Waals surface area contributed by atoms with Gasteiger partial charge in [0, 0.05) is 25.7 Å². The van der Waals surface area contributed by atoms with Crippen LogP contribution >= 0.6 is 15.6 Å². The highest BCUT2D eigenvalue weighted by atomic mass is 31.2. The van der Waals surface area contributed by atoms with Gasteiger partial charge in [0.1, 0.15) is 19.3 Å². The zero-order chi connectivity index (χ0) is 75.6. The maximum Gasteiger partial charge on any atom is 0.472 e. The first-order chi connectivity index (χ1) is 49.9. The number of phosphoric acid groups is 2. The van der Waals surface area contributed by atoms with Crippen LogP contribution in [0.5, 0.6) is 0 Å². The molecule has 0 amide bonds. The van der Waals surface area contributed by atoms with Crippen molar-refractivity contribution in [3.05, 3.63) is 0 Å². The number of aliphatic hydroxyl groups is 1. The van der Waals surface area contributed by atoms with Crippen LogP contribution in [-0.2, 0) is 65.4 Å². The highest BCUT2D eigenvalue weighted by Gasteiger charge is 2.30. The molecule has 0 saturated heterocycles. The second kappa shape index (κ2) is 75.5. The summed E-state index contributed by atoms with van der Waals surface area (Å²) in [6.45, 7) is 9.61. The van der Waals surface area contributed by atoms with Gasteiger partial charge in [-0.05, 0) is 37.5 Å². The third-order valence-electron chi connectivity index (χ3n) is 19.7. The molecule has 17 nitrogen and oxygen atoms in total. The first kappa shape index (κ1) is 101. The van der Waals surface area contributed by atoms with Crippen LogP contribution < -0.4 is 0 Å². The number of unbranched alkanes of at least 4 members (excludes halogenated alkanes) is 53. The van der Waals surface area contributed by atoms with E-state index in [-0.39, 0.29) is 25.7 Å². The predicted molar refractivity (Wildman–Crippen MR) is 423 cm³/mol. The molecule has 0 rings (SSSR count). The molecule has 0 spiro atoms. The van der Waals surface area contributed by atoms with Crippen LogP contribution in [0.15, 0.2) is 0 Å². The lowest BCUT2D eigenvalue weighted by Gasteiger charge is -2.21. The average Bonchev–Trinajstić information content (AvgIpc) is 0.911. The summed E-state index contributed by atoms with van der Waals surface area (Å²) >= 11 is 0. The van der Waals surface area contributed by atoms with Crippen molar-refractivity contribution < 1.29 is 80.2 Å². The minimum atomic E-state index is -4.96. The molecule has 5 atom stereocenters. The lowest BCUT2D eigenvalue weighted by Crippen LogP contribution is -2.30. The Morgan fingerprint density at radius 1 is 0.262 bits per heavy atom. The van der Waals surface area contributed by atoms with E-state index in [1.807, 2.05) is 0 Å². The van der Waals surface area contributed by atoms with Gasteiger partial charge in [-0.1, -0.05) is 395 Å². The fraction of sp³-hybridized carbons (Fsp3) is 0.952. The van der Waals surface area contributed by atoms with Crippen LogP contribution in [0.1, 0.15) is 446 Å². The number of esters is 4. The smallest absolute Gasteiger partial charge is 0.462 e. The molecule has 19 heteroatoms. The monoisotopic (exact) mass is 1510 g/mol. The number of carbonyl (C=O) groups excluding carboxylic acids is 4. The van der Waals surface area contributed by atoms with Gasteiger partial charge in [0.25, 0.3) is 0 Å². The quantitative estimate of drug-likeness (QED) is 0.0222. The average molecular weight is 1510 g/mol. The third kappa shape index (κ3) is 78.0. The molecule has 612 valence electrons. The van der Waals surface area contributed by atoms with Crippen molar-refractivity contribution in [2.45, 2.75) is 464 Å². The largest absolute Gasteiger partial charge is 0.472 e. The van der Waals surface area contributed by atoms with Crippen LogP contribution in [0.3, 0.4) is 0 Å². The number of rotatable bonds is 83. The first-order valence-electron chi connectivity index (χ1n) is 43.5. The van der Waals surface area contributed by atoms with Gasteiger partial charge in [0.05, 0.1) is 26.4 Å². The third-order valence-corrected chi connectivity index (χ3v) is 21.6. The lowest BCUT2D eigenvalue weighted by molar-refractivity contribution is -0.161. The Morgan fingerprint density at radius 3 is 0.660 bits per heavy atom. The molecule has 0 saturated carbocycles. The molecular weight excluding hydrogens is 1340 g/mol. The summed E-state index contributed by atoms with van der Waals surface area (Å²) in [4.78, 5) is 73.1. The minimum Gasteiger partial charge on any atom is -0.462 e. The van der Waals surface area contributed by atoms with Gasteiger partial charge in [0.15, 0.2) is 12.2 Å². The normalized spacial score (nSPS) is 13.9. The fourth-order valence-electron chi connectivity index (χ4n) is 13.1. The summed E-state index contributed by atoms with van der Waals surface area (Å²) < 4.78 is 68.8. The Morgan fingerprint density at radius 2 is 0.447 bits per heavy atom. The molecule has 0 aromatic carbocycles. The number of carbonyl (C=O) groups is 4. The molecule has 3 N–H and O–H groups in total. The van der Waals surface area contributed by atoms with E-state index in [1.54, 1.807) is 0 Å². The second-order valence-corrected chi connectivity index (χ2v) is 34.1. The zero-order valence-electron chi connectivity index (χ0n) is 67.6. The summed E-state index contributed by atoms with van der Waals surface area (Å²) in [7, 11) is -9.92. The molecule has 0 heterocycles. The Kier molecular flexibility index (Phi) is 74.1. The highest BCUT2D eigenvalue weighted by molar-refractivity contribution is 7.47. The molecule has 0 aliphatic heterocycles. The Balaban J connectivity index is 5.21. The van der Waals surface area contributed by atoms with Crippen molar-refractivity contribution in [2.75, 3.05) is 39.6 Å². The molecule has 0 aromatic heterocycles. The number of phosphoric ester groups is 2. The van der Waals surface area contributed by atoms with Gasteiger partial charge < -0.3 is 33.8 Å². The highest BCUT2D eigenvalue weighted by Crippen LogP contribution is 2.45. The molecule has 0 aliphatic carbocycles. The Labute approximate surface area is 632 Å². The van der Waals surface area contributed by atoms with Crippen molar-refractivity contribution in [1.29, 1.82) is 0 Å². The molecule has 0 aliphatic rings. The summed E-state index contributed by atoms with van der Waals surface area (Å²) in [6, 6.07) is 0. The van der Waals surface area contributed by atoms with Gasteiger partial charge >= 0.3 is 39.5 Å². The topological polar surface area (TPSA) is 237 Å². The van der Waals surface area contributed by atoms with Crippen molar-refractivity contribution >= 4 is 39.5 Å². The van der Waals surface area contributed by atoms with E-state index in [4.69, 9.17) is 37.0 Å². The molecule has 2 unspecified atom stereocenters. The van der Waals surface area contributed by atoms with E-state index in [9.17, 15) is 43.2 Å². The summed E-state index contributed by atoms with van der Waals surface area (Å²) in [6.07, 6.45) is 66.8. The van der Waals surface area contributed by atoms with Gasteiger partial charge in [-0.15, -0.1) is 0 Å². The number of hydrogen-bond acceptors (Lipinski definition) is 15. The summed E-state index contributed by atoms with van der Waals surface area (Å²) in [5.41, 5.74) is 0. The van der Waals surface area contributed by atoms with E-state index in [0.717, 1.165) is 102 Å². The number of hydrogen-bond donors (Lipinski definition) is 3. The van der Waals surface area contributed by atoms with Gasteiger partial charge in [-0.2, -0.15) is 0 Å². The Hall–Kier alpha value is -1.94. The second-order valence-electron chi connectivity index (χ2n) is 31.2. The van der Waals surface area contributed by atoms with Gasteiger partial charge in [-0.25, -0.2) is 9.13 Å². The maximum absolute atomic E-state index is 13.1. The van der Waals surface area contributed by atoms with E-state index in [2.05, 4.69) is 41.5 Å². The van der Waals surface area contributed by atoms with Crippen LogP contribution in [-0.4, -0.2) is 96.7 Å². The van der Waals surface area contributed by atoms with Crippen molar-refractivity contribution in [1.82, 2.24) is 0 Å². The molecule has 0 radical (unpaired) electrons. The van der Waals surface area contributed by atoms with Crippen LogP contribution in [0, 0.1) is 11.8 Å². The maximum atomic E-state index is 13.1. The SMILES string of the molecule is CCCCCCCCCCCCCCCCCCCCC(=O)OC[C@H](COP(=O)(O)OC[C@@H](O)COP(=O)(O)OC[C@@H](COC(=O)CCCCCCCCC(C)C)OC(=O)CCCCCCCCCCCCCCCCC)OC(=O)CCCCCCCCCCCCCCCCCCCCC(C)C. The van der Waals surface area contributed by atoms with Crippen molar-refractivity contribution in [3.8, 4) is 0 Å². The van der Waals surface area contributed by atoms with E-state index >= 15 is 0 Å². The summed E-state index contributed by atoms with van der Waals surface area (Å²) in [5, 5.41) is 10.7.